The molecule has 33 heavy (non-hydrogen) atoms. The molecule has 2 aliphatic rings. The van der Waals surface area contributed by atoms with Gasteiger partial charge in [-0.05, 0) is 61.9 Å². The monoisotopic (exact) mass is 454 g/mol. The fourth-order valence-electron chi connectivity index (χ4n) is 4.77. The predicted octanol–water partition coefficient (Wildman–Crippen LogP) is 5.01. The second kappa shape index (κ2) is 8.96. The molecule has 2 aromatic rings. The number of rotatable bonds is 5. The van der Waals surface area contributed by atoms with Crippen molar-refractivity contribution in [1.29, 1.82) is 0 Å². The van der Waals surface area contributed by atoms with Gasteiger partial charge in [-0.2, -0.15) is 0 Å². The summed E-state index contributed by atoms with van der Waals surface area (Å²) < 4.78 is 34.2. The van der Waals surface area contributed by atoms with Gasteiger partial charge in [0.05, 0.1) is 17.4 Å². The van der Waals surface area contributed by atoms with E-state index in [1.54, 1.807) is 24.3 Å². The first-order chi connectivity index (χ1) is 15.7. The van der Waals surface area contributed by atoms with Crippen LogP contribution in [0.2, 0.25) is 0 Å². The molecule has 2 amide bonds. The zero-order chi connectivity index (χ0) is 23.9. The lowest BCUT2D eigenvalue weighted by atomic mass is 9.91. The van der Waals surface area contributed by atoms with Crippen molar-refractivity contribution in [2.24, 2.45) is 11.8 Å². The van der Waals surface area contributed by atoms with E-state index < -0.39 is 23.4 Å². The molecule has 2 atom stereocenters. The number of halogens is 2. The number of carbonyl (C=O) groups excluding carboxylic acids is 2. The van der Waals surface area contributed by atoms with Gasteiger partial charge in [0, 0.05) is 19.2 Å². The molecule has 1 fully saturated rings. The summed E-state index contributed by atoms with van der Waals surface area (Å²) in [5, 5.41) is 0. The molecule has 174 valence electrons. The summed E-state index contributed by atoms with van der Waals surface area (Å²) in [6.07, 6.45) is 1.01. The van der Waals surface area contributed by atoms with Crippen LogP contribution < -0.4 is 9.64 Å². The van der Waals surface area contributed by atoms with Crippen molar-refractivity contribution in [3.05, 3.63) is 65.4 Å². The molecular weight excluding hydrogens is 426 g/mol. The Hall–Kier alpha value is -3.22. The lowest BCUT2D eigenvalue weighted by molar-refractivity contribution is -0.121. The lowest BCUT2D eigenvalue weighted by Crippen LogP contribution is -2.42. The van der Waals surface area contributed by atoms with E-state index in [2.05, 4.69) is 13.8 Å². The summed E-state index contributed by atoms with van der Waals surface area (Å²) in [4.78, 5) is 29.8. The minimum absolute atomic E-state index is 0.0110. The summed E-state index contributed by atoms with van der Waals surface area (Å²) in [6.45, 7) is 9.25. The predicted molar refractivity (Wildman–Crippen MR) is 122 cm³/mol. The third kappa shape index (κ3) is 4.49. The van der Waals surface area contributed by atoms with E-state index >= 15 is 0 Å². The molecule has 0 aliphatic carbocycles. The number of ether oxygens (including phenoxy) is 1. The average Bonchev–Trinajstić information content (AvgIpc) is 2.99. The van der Waals surface area contributed by atoms with Crippen LogP contribution in [0.3, 0.4) is 0 Å². The van der Waals surface area contributed by atoms with Gasteiger partial charge in [0.15, 0.2) is 0 Å². The maximum atomic E-state index is 14.6. The molecule has 0 spiro atoms. The smallest absolute Gasteiger partial charge is 0.282 e. The van der Waals surface area contributed by atoms with E-state index in [1.165, 1.54) is 0 Å². The van der Waals surface area contributed by atoms with Crippen molar-refractivity contribution in [3.8, 4) is 5.75 Å². The van der Waals surface area contributed by atoms with Crippen LogP contribution in [0, 0.1) is 23.5 Å². The largest absolute Gasteiger partial charge is 0.491 e. The summed E-state index contributed by atoms with van der Waals surface area (Å²) in [7, 11) is 0. The molecule has 1 saturated heterocycles. The van der Waals surface area contributed by atoms with Crippen molar-refractivity contribution >= 4 is 23.1 Å². The molecule has 5 nitrogen and oxygen atoms in total. The molecule has 4 rings (SSSR count). The minimum atomic E-state index is -0.834. The Balaban J connectivity index is 1.82. The fraction of sp³-hybridized carbons (Fsp3) is 0.385. The number of benzene rings is 2. The Morgan fingerprint density at radius 3 is 2.18 bits per heavy atom. The zero-order valence-corrected chi connectivity index (χ0v) is 19.3. The Morgan fingerprint density at radius 2 is 1.58 bits per heavy atom. The summed E-state index contributed by atoms with van der Waals surface area (Å²) >= 11 is 0. The molecule has 2 unspecified atom stereocenters. The quantitative estimate of drug-likeness (QED) is 0.596. The lowest BCUT2D eigenvalue weighted by Gasteiger charge is -2.37. The summed E-state index contributed by atoms with van der Waals surface area (Å²) in [5.74, 6) is -1.57. The van der Waals surface area contributed by atoms with Gasteiger partial charge in [-0.1, -0.05) is 26.0 Å². The molecular formula is C26H28F2N2O3. The van der Waals surface area contributed by atoms with Crippen LogP contribution in [0.1, 0.15) is 39.7 Å². The van der Waals surface area contributed by atoms with Crippen molar-refractivity contribution in [3.63, 3.8) is 0 Å². The maximum Gasteiger partial charge on any atom is 0.282 e. The second-order valence-corrected chi connectivity index (χ2v) is 9.31. The number of amides is 2. The highest BCUT2D eigenvalue weighted by molar-refractivity contribution is 6.45. The second-order valence-electron chi connectivity index (χ2n) is 9.31. The molecule has 0 radical (unpaired) electrons. The number of anilines is 1. The topological polar surface area (TPSA) is 49.9 Å². The minimum Gasteiger partial charge on any atom is -0.491 e. The van der Waals surface area contributed by atoms with Gasteiger partial charge in [-0.3, -0.25) is 9.59 Å². The third-order valence-electron chi connectivity index (χ3n) is 5.91. The molecule has 0 N–H and O–H groups in total. The van der Waals surface area contributed by atoms with Crippen molar-refractivity contribution in [2.75, 3.05) is 18.0 Å². The highest BCUT2D eigenvalue weighted by Crippen LogP contribution is 2.38. The normalized spacial score (nSPS) is 21.4. The summed E-state index contributed by atoms with van der Waals surface area (Å²) in [6, 6.07) is 9.69. The number of carbonyl (C=O) groups is 2. The van der Waals surface area contributed by atoms with Gasteiger partial charge < -0.3 is 9.64 Å². The van der Waals surface area contributed by atoms with Gasteiger partial charge in [-0.25, -0.2) is 13.7 Å². The van der Waals surface area contributed by atoms with Gasteiger partial charge in [0.25, 0.3) is 11.8 Å². The highest BCUT2D eigenvalue weighted by Gasteiger charge is 2.44. The molecule has 0 bridgehead atoms. The average molecular weight is 455 g/mol. The van der Waals surface area contributed by atoms with E-state index in [0.29, 0.717) is 36.2 Å². The zero-order valence-electron chi connectivity index (χ0n) is 19.3. The van der Waals surface area contributed by atoms with E-state index in [-0.39, 0.29) is 23.1 Å². The van der Waals surface area contributed by atoms with Crippen LogP contribution in [0.15, 0.2) is 48.2 Å². The first-order valence-electron chi connectivity index (χ1n) is 11.3. The number of imide groups is 1. The Bertz CT molecular complexity index is 1100. The number of nitrogens with zero attached hydrogens (tertiary/aromatic N) is 2. The van der Waals surface area contributed by atoms with Crippen molar-refractivity contribution in [2.45, 2.75) is 40.2 Å². The highest BCUT2D eigenvalue weighted by atomic mass is 19.1. The van der Waals surface area contributed by atoms with Crippen LogP contribution in [-0.2, 0) is 9.59 Å². The van der Waals surface area contributed by atoms with Crippen LogP contribution in [0.5, 0.6) is 5.75 Å². The molecule has 0 saturated carbocycles. The molecule has 2 heterocycles. The standard InChI is InChI=1S/C26H28F2N2O3/c1-15(2)33-20-8-5-18(6-9-20)23-24(29-13-16(3)11-17(4)14-29)26(32)30(25(23)31)22-12-19(27)7-10-21(22)28/h5-10,12,15-17H,11,13-14H2,1-4H3. The van der Waals surface area contributed by atoms with Crippen LogP contribution in [0.25, 0.3) is 5.57 Å². The maximum absolute atomic E-state index is 14.6. The SMILES string of the molecule is CC1CC(C)CN(C2=C(c3ccc(OC(C)C)cc3)C(=O)N(c3cc(F)ccc3F)C2=O)C1. The molecule has 2 aliphatic heterocycles. The Morgan fingerprint density at radius 1 is 0.939 bits per heavy atom. The van der Waals surface area contributed by atoms with Crippen LogP contribution in [0.4, 0.5) is 14.5 Å². The number of hydrogen-bond donors (Lipinski definition) is 0. The van der Waals surface area contributed by atoms with Crippen molar-refractivity contribution in [1.82, 2.24) is 4.90 Å². The molecule has 7 heteroatoms. The first-order valence-corrected chi connectivity index (χ1v) is 11.3. The van der Waals surface area contributed by atoms with Gasteiger partial charge >= 0.3 is 0 Å². The van der Waals surface area contributed by atoms with Crippen LogP contribution in [-0.4, -0.2) is 35.9 Å². The number of piperidine rings is 1. The van der Waals surface area contributed by atoms with E-state index in [1.807, 2.05) is 18.7 Å². The van der Waals surface area contributed by atoms with E-state index in [4.69, 9.17) is 4.74 Å². The van der Waals surface area contributed by atoms with E-state index in [0.717, 1.165) is 29.5 Å². The van der Waals surface area contributed by atoms with Gasteiger partial charge in [-0.15, -0.1) is 0 Å². The Kier molecular flexibility index (Phi) is 6.23. The van der Waals surface area contributed by atoms with E-state index in [9.17, 15) is 18.4 Å². The van der Waals surface area contributed by atoms with Crippen molar-refractivity contribution < 1.29 is 23.1 Å². The summed E-state index contributed by atoms with van der Waals surface area (Å²) in [5.41, 5.74) is 0.584. The third-order valence-corrected chi connectivity index (χ3v) is 5.91. The van der Waals surface area contributed by atoms with Gasteiger partial charge in [0.2, 0.25) is 0 Å². The fourth-order valence-corrected chi connectivity index (χ4v) is 4.77. The first kappa shape index (κ1) is 23.0. The molecule has 0 aromatic heterocycles. The van der Waals surface area contributed by atoms with Gasteiger partial charge in [0.1, 0.15) is 23.1 Å². The Labute approximate surface area is 192 Å². The van der Waals surface area contributed by atoms with Crippen LogP contribution >= 0.6 is 0 Å². The number of hydrogen-bond acceptors (Lipinski definition) is 4. The number of likely N-dealkylation sites (tertiary alicyclic amines) is 1. The molecule has 2 aromatic carbocycles.